The Kier molecular flexibility index (Phi) is 5.94. The van der Waals surface area contributed by atoms with E-state index < -0.39 is 10.5 Å². The maximum atomic E-state index is 10.6. The number of hydrogen-bond donors (Lipinski definition) is 1. The molecule has 21 heavy (non-hydrogen) atoms. The van der Waals surface area contributed by atoms with Crippen LogP contribution in [0.4, 0.5) is 5.69 Å². The second-order valence-corrected chi connectivity index (χ2v) is 5.39. The predicted molar refractivity (Wildman–Crippen MR) is 80.5 cm³/mol. The quantitative estimate of drug-likeness (QED) is 0.616. The number of nitrogens with one attached hydrogen (secondary N) is 1. The molecule has 0 amide bonds. The smallest absolute Gasteiger partial charge is 0.271 e. The summed E-state index contributed by atoms with van der Waals surface area (Å²) in [7, 11) is 0. The van der Waals surface area contributed by atoms with Gasteiger partial charge >= 0.3 is 0 Å². The van der Waals surface area contributed by atoms with Gasteiger partial charge in [0, 0.05) is 18.6 Å². The summed E-state index contributed by atoms with van der Waals surface area (Å²) in [6.07, 6.45) is 0.192. The summed E-state index contributed by atoms with van der Waals surface area (Å²) in [5.74, 6) is 0.367. The lowest BCUT2D eigenvalue weighted by molar-refractivity contribution is -0.384. The van der Waals surface area contributed by atoms with Crippen LogP contribution in [-0.4, -0.2) is 23.1 Å². The fraction of sp³-hybridized carbons (Fsp3) is 0.500. The highest BCUT2D eigenvalue weighted by molar-refractivity contribution is 6.32. The highest BCUT2D eigenvalue weighted by atomic mass is 35.5. The van der Waals surface area contributed by atoms with Crippen molar-refractivity contribution in [2.45, 2.75) is 38.8 Å². The van der Waals surface area contributed by atoms with Crippen molar-refractivity contribution in [3.05, 3.63) is 33.3 Å². The van der Waals surface area contributed by atoms with Crippen LogP contribution in [0.2, 0.25) is 5.02 Å². The number of non-ortho nitro benzene ring substituents is 1. The molecule has 0 aliphatic rings. The summed E-state index contributed by atoms with van der Waals surface area (Å²) in [5, 5.41) is 23.1. The molecule has 1 N–H and O–H groups in total. The molecule has 114 valence electrons. The molecule has 2 unspecified atom stereocenters. The largest absolute Gasteiger partial charge is 0.489 e. The zero-order valence-electron chi connectivity index (χ0n) is 12.2. The van der Waals surface area contributed by atoms with Crippen molar-refractivity contribution in [2.75, 3.05) is 6.54 Å². The van der Waals surface area contributed by atoms with Crippen LogP contribution in [0, 0.1) is 21.4 Å². The number of benzene rings is 1. The van der Waals surface area contributed by atoms with Crippen molar-refractivity contribution in [1.29, 1.82) is 5.26 Å². The summed E-state index contributed by atoms with van der Waals surface area (Å²) in [4.78, 5) is 10.1. The van der Waals surface area contributed by atoms with E-state index in [9.17, 15) is 15.4 Å². The van der Waals surface area contributed by atoms with E-state index in [2.05, 4.69) is 11.4 Å². The standard InChI is InChI=1S/C14H18ClN3O3/c1-4-17-14(3,9-16)8-10(2)21-13-6-5-11(18(19)20)7-12(13)15/h5-7,10,17H,4,8H2,1-3H3. The maximum absolute atomic E-state index is 10.6. The third kappa shape index (κ3) is 4.88. The number of rotatable bonds is 7. The number of hydrogen-bond acceptors (Lipinski definition) is 5. The van der Waals surface area contributed by atoms with Crippen molar-refractivity contribution in [3.63, 3.8) is 0 Å². The molecule has 0 fully saturated rings. The van der Waals surface area contributed by atoms with Crippen molar-refractivity contribution in [1.82, 2.24) is 5.32 Å². The Bertz CT molecular complexity index is 559. The van der Waals surface area contributed by atoms with Crippen molar-refractivity contribution >= 4 is 17.3 Å². The van der Waals surface area contributed by atoms with E-state index in [4.69, 9.17) is 16.3 Å². The molecule has 0 aromatic heterocycles. The highest BCUT2D eigenvalue weighted by Gasteiger charge is 2.26. The maximum Gasteiger partial charge on any atom is 0.271 e. The molecule has 6 nitrogen and oxygen atoms in total. The fourth-order valence-electron chi connectivity index (χ4n) is 2.08. The second kappa shape index (κ2) is 7.25. The van der Waals surface area contributed by atoms with Crippen LogP contribution in [0.1, 0.15) is 27.2 Å². The van der Waals surface area contributed by atoms with Gasteiger partial charge in [-0.05, 0) is 26.5 Å². The van der Waals surface area contributed by atoms with Gasteiger partial charge in [-0.3, -0.25) is 15.4 Å². The van der Waals surface area contributed by atoms with E-state index >= 15 is 0 Å². The molecule has 0 radical (unpaired) electrons. The van der Waals surface area contributed by atoms with Gasteiger partial charge in [0.25, 0.3) is 5.69 Å². The van der Waals surface area contributed by atoms with Crippen LogP contribution in [-0.2, 0) is 0 Å². The van der Waals surface area contributed by atoms with E-state index in [0.717, 1.165) is 0 Å². The zero-order chi connectivity index (χ0) is 16.0. The number of ether oxygens (including phenoxy) is 1. The molecule has 0 heterocycles. The molecular weight excluding hydrogens is 294 g/mol. The van der Waals surface area contributed by atoms with Gasteiger partial charge in [0.2, 0.25) is 0 Å². The Balaban J connectivity index is 2.77. The van der Waals surface area contributed by atoms with Crippen LogP contribution in [0.3, 0.4) is 0 Å². The first-order valence-electron chi connectivity index (χ1n) is 6.58. The van der Waals surface area contributed by atoms with Crippen LogP contribution in [0.5, 0.6) is 5.75 Å². The molecule has 1 aromatic carbocycles. The topological polar surface area (TPSA) is 88.2 Å². The molecular formula is C14H18ClN3O3. The van der Waals surface area contributed by atoms with Gasteiger partial charge in [-0.2, -0.15) is 5.26 Å². The summed E-state index contributed by atoms with van der Waals surface area (Å²) in [6, 6.07) is 6.27. The number of halogens is 1. The Hall–Kier alpha value is -1.84. The van der Waals surface area contributed by atoms with Crippen LogP contribution in [0.25, 0.3) is 0 Å². The van der Waals surface area contributed by atoms with E-state index in [1.54, 1.807) is 6.92 Å². The first kappa shape index (κ1) is 17.2. The Morgan fingerprint density at radius 2 is 2.29 bits per heavy atom. The summed E-state index contributed by atoms with van der Waals surface area (Å²) in [5.41, 5.74) is -0.781. The van der Waals surface area contributed by atoms with Gasteiger partial charge in [0.15, 0.2) is 0 Å². The fourth-order valence-corrected chi connectivity index (χ4v) is 2.30. The molecule has 7 heteroatoms. The third-order valence-electron chi connectivity index (χ3n) is 2.96. The minimum Gasteiger partial charge on any atom is -0.489 e. The number of nitro benzene ring substituents is 1. The lowest BCUT2D eigenvalue weighted by Gasteiger charge is -2.26. The van der Waals surface area contributed by atoms with E-state index in [-0.39, 0.29) is 16.8 Å². The minimum absolute atomic E-state index is 0.0884. The van der Waals surface area contributed by atoms with Crippen molar-refractivity contribution in [3.8, 4) is 11.8 Å². The van der Waals surface area contributed by atoms with Crippen LogP contribution >= 0.6 is 11.6 Å². The molecule has 0 aliphatic heterocycles. The lowest BCUT2D eigenvalue weighted by atomic mass is 9.96. The molecule has 0 saturated carbocycles. The van der Waals surface area contributed by atoms with Crippen molar-refractivity contribution < 1.29 is 9.66 Å². The number of nitrogens with zero attached hydrogens (tertiary/aromatic N) is 2. The highest BCUT2D eigenvalue weighted by Crippen LogP contribution is 2.30. The summed E-state index contributed by atoms with van der Waals surface area (Å²) >= 11 is 5.97. The molecule has 0 spiro atoms. The van der Waals surface area contributed by atoms with Gasteiger partial charge < -0.3 is 4.74 Å². The minimum atomic E-state index is -0.693. The average molecular weight is 312 g/mol. The SMILES string of the molecule is CCNC(C)(C#N)CC(C)Oc1ccc([N+](=O)[O-])cc1Cl. The van der Waals surface area contributed by atoms with Gasteiger partial charge in [-0.1, -0.05) is 18.5 Å². The predicted octanol–water partition coefficient (Wildman–Crippen LogP) is 3.30. The van der Waals surface area contributed by atoms with Crippen LogP contribution in [0.15, 0.2) is 18.2 Å². The van der Waals surface area contributed by atoms with Gasteiger partial charge in [-0.15, -0.1) is 0 Å². The van der Waals surface area contributed by atoms with E-state index in [0.29, 0.717) is 18.7 Å². The molecule has 0 saturated heterocycles. The Morgan fingerprint density at radius 1 is 1.62 bits per heavy atom. The molecule has 1 rings (SSSR count). The summed E-state index contributed by atoms with van der Waals surface area (Å²) < 4.78 is 5.68. The van der Waals surface area contributed by atoms with E-state index in [1.165, 1.54) is 18.2 Å². The molecule has 0 aliphatic carbocycles. The normalized spacial score (nSPS) is 14.8. The molecule has 1 aromatic rings. The second-order valence-electron chi connectivity index (χ2n) is 4.98. The Labute approximate surface area is 128 Å². The van der Waals surface area contributed by atoms with Crippen LogP contribution < -0.4 is 10.1 Å². The first-order valence-corrected chi connectivity index (χ1v) is 6.96. The monoisotopic (exact) mass is 311 g/mol. The van der Waals surface area contributed by atoms with Gasteiger partial charge in [-0.25, -0.2) is 0 Å². The molecule has 2 atom stereocenters. The van der Waals surface area contributed by atoms with E-state index in [1.807, 2.05) is 13.8 Å². The zero-order valence-corrected chi connectivity index (χ0v) is 13.0. The third-order valence-corrected chi connectivity index (χ3v) is 3.26. The average Bonchev–Trinajstić information content (AvgIpc) is 2.41. The van der Waals surface area contributed by atoms with Crippen molar-refractivity contribution in [2.24, 2.45) is 0 Å². The first-order chi connectivity index (χ1) is 9.81. The molecule has 0 bridgehead atoms. The van der Waals surface area contributed by atoms with Gasteiger partial charge in [0.05, 0.1) is 22.1 Å². The lowest BCUT2D eigenvalue weighted by Crippen LogP contribution is -2.44. The number of nitriles is 1. The van der Waals surface area contributed by atoms with Gasteiger partial charge in [0.1, 0.15) is 11.3 Å². The summed E-state index contributed by atoms with van der Waals surface area (Å²) in [6.45, 7) is 6.22. The number of nitro groups is 1. The Morgan fingerprint density at radius 3 is 2.76 bits per heavy atom.